The second-order valence-electron chi connectivity index (χ2n) is 6.12. The van der Waals surface area contributed by atoms with Crippen LogP contribution in [0, 0.1) is 5.82 Å². The van der Waals surface area contributed by atoms with Crippen molar-refractivity contribution in [1.82, 2.24) is 4.31 Å². The van der Waals surface area contributed by atoms with Crippen LogP contribution in [0.25, 0.3) is 0 Å². The van der Waals surface area contributed by atoms with E-state index < -0.39 is 27.4 Å². The van der Waals surface area contributed by atoms with Gasteiger partial charge in [0, 0.05) is 13.1 Å². The lowest BCUT2D eigenvalue weighted by Crippen LogP contribution is -2.56. The Kier molecular flexibility index (Phi) is 4.79. The van der Waals surface area contributed by atoms with Gasteiger partial charge < -0.3 is 9.84 Å². The third-order valence-corrected chi connectivity index (χ3v) is 5.79. The normalized spacial score (nSPS) is 17.0. The minimum absolute atomic E-state index is 0.192. The van der Waals surface area contributed by atoms with E-state index in [1.807, 2.05) is 20.8 Å². The van der Waals surface area contributed by atoms with E-state index in [-0.39, 0.29) is 29.7 Å². The molecular weight excluding hydrogens is 325 g/mol. The first-order chi connectivity index (χ1) is 10.6. The molecule has 0 spiro atoms. The van der Waals surface area contributed by atoms with E-state index in [2.05, 4.69) is 0 Å². The summed E-state index contributed by atoms with van der Waals surface area (Å²) in [5.74, 6) is -2.51. The third kappa shape index (κ3) is 3.70. The number of nitrogens with zero attached hydrogens (tertiary/aromatic N) is 1. The van der Waals surface area contributed by atoms with Crippen molar-refractivity contribution in [3.8, 4) is 0 Å². The number of hydrogen-bond acceptors (Lipinski definition) is 4. The van der Waals surface area contributed by atoms with E-state index in [0.717, 1.165) is 24.6 Å². The van der Waals surface area contributed by atoms with Gasteiger partial charge in [0.2, 0.25) is 10.0 Å². The van der Waals surface area contributed by atoms with Crippen LogP contribution in [0.4, 0.5) is 4.39 Å². The molecule has 8 heteroatoms. The zero-order valence-electron chi connectivity index (χ0n) is 13.2. The number of hydrogen-bond donors (Lipinski definition) is 1. The molecule has 1 N–H and O–H groups in total. The van der Waals surface area contributed by atoms with Crippen molar-refractivity contribution in [2.75, 3.05) is 13.1 Å². The van der Waals surface area contributed by atoms with E-state index >= 15 is 0 Å². The van der Waals surface area contributed by atoms with Gasteiger partial charge in [-0.1, -0.05) is 6.92 Å². The van der Waals surface area contributed by atoms with E-state index in [1.165, 1.54) is 4.31 Å². The highest BCUT2D eigenvalue weighted by Crippen LogP contribution is 2.27. The van der Waals surface area contributed by atoms with Crippen LogP contribution in [0.15, 0.2) is 23.1 Å². The molecule has 0 atom stereocenters. The van der Waals surface area contributed by atoms with Crippen molar-refractivity contribution < 1.29 is 27.4 Å². The van der Waals surface area contributed by atoms with Crippen LogP contribution in [-0.4, -0.2) is 48.6 Å². The molecule has 0 unspecified atom stereocenters. The van der Waals surface area contributed by atoms with Crippen LogP contribution in [0.2, 0.25) is 0 Å². The molecule has 0 amide bonds. The lowest BCUT2D eigenvalue weighted by atomic mass is 10.1. The van der Waals surface area contributed by atoms with E-state index in [1.54, 1.807) is 0 Å². The van der Waals surface area contributed by atoms with Gasteiger partial charge in [0.15, 0.2) is 0 Å². The maximum absolute atomic E-state index is 13.7. The summed E-state index contributed by atoms with van der Waals surface area (Å²) >= 11 is 0. The third-order valence-electron chi connectivity index (χ3n) is 3.96. The van der Waals surface area contributed by atoms with Crippen LogP contribution in [0.5, 0.6) is 0 Å². The Morgan fingerprint density at radius 1 is 1.43 bits per heavy atom. The van der Waals surface area contributed by atoms with Gasteiger partial charge in [0.05, 0.1) is 22.2 Å². The molecule has 0 aromatic heterocycles. The van der Waals surface area contributed by atoms with Crippen LogP contribution in [0.3, 0.4) is 0 Å². The number of carboxylic acid groups (broad SMARTS) is 1. The smallest absolute Gasteiger partial charge is 0.338 e. The average molecular weight is 345 g/mol. The monoisotopic (exact) mass is 345 g/mol. The molecule has 128 valence electrons. The molecular formula is C15H20FNO5S. The standard InChI is InChI=1S/C15H20FNO5S/c1-4-15(2,3)22-10-8-17(9-10)23(20,21)11-5-6-12(14(18)19)13(16)7-11/h5-7,10H,4,8-9H2,1-3H3,(H,18,19). The highest BCUT2D eigenvalue weighted by Gasteiger charge is 2.39. The Morgan fingerprint density at radius 2 is 2.04 bits per heavy atom. The number of sulfonamides is 1. The number of aromatic carboxylic acids is 1. The van der Waals surface area contributed by atoms with Gasteiger partial charge in [0.25, 0.3) is 0 Å². The van der Waals surface area contributed by atoms with E-state index in [0.29, 0.717) is 0 Å². The highest BCUT2D eigenvalue weighted by atomic mass is 32.2. The summed E-state index contributed by atoms with van der Waals surface area (Å²) in [7, 11) is -3.84. The summed E-state index contributed by atoms with van der Waals surface area (Å²) < 4.78 is 45.4. The number of benzene rings is 1. The summed E-state index contributed by atoms with van der Waals surface area (Å²) in [6.45, 7) is 6.26. The number of carbonyl (C=O) groups is 1. The molecule has 1 aliphatic heterocycles. The lowest BCUT2D eigenvalue weighted by molar-refractivity contribution is -0.113. The zero-order chi connectivity index (χ0) is 17.4. The predicted octanol–water partition coefficient (Wildman–Crippen LogP) is 2.10. The number of rotatable bonds is 6. The summed E-state index contributed by atoms with van der Waals surface area (Å²) in [6.07, 6.45) is 0.612. The molecule has 1 heterocycles. The quantitative estimate of drug-likeness (QED) is 0.853. The fraction of sp³-hybridized carbons (Fsp3) is 0.533. The van der Waals surface area contributed by atoms with Crippen molar-refractivity contribution in [3.05, 3.63) is 29.6 Å². The second kappa shape index (κ2) is 6.18. The number of ether oxygens (including phenoxy) is 1. The summed E-state index contributed by atoms with van der Waals surface area (Å²) in [5, 5.41) is 8.78. The lowest BCUT2D eigenvalue weighted by Gasteiger charge is -2.41. The van der Waals surface area contributed by atoms with Crippen molar-refractivity contribution in [2.24, 2.45) is 0 Å². The van der Waals surface area contributed by atoms with Gasteiger partial charge in [-0.25, -0.2) is 17.6 Å². The van der Waals surface area contributed by atoms with E-state index in [4.69, 9.17) is 9.84 Å². The van der Waals surface area contributed by atoms with Crippen LogP contribution >= 0.6 is 0 Å². The predicted molar refractivity (Wildman–Crippen MR) is 81.4 cm³/mol. The molecule has 0 radical (unpaired) electrons. The molecule has 1 saturated heterocycles. The van der Waals surface area contributed by atoms with Crippen LogP contribution < -0.4 is 0 Å². The molecule has 0 bridgehead atoms. The average Bonchev–Trinajstić information content (AvgIpc) is 2.41. The van der Waals surface area contributed by atoms with Gasteiger partial charge >= 0.3 is 5.97 Å². The fourth-order valence-electron chi connectivity index (χ4n) is 2.18. The molecule has 1 fully saturated rings. The summed E-state index contributed by atoms with van der Waals surface area (Å²) in [4.78, 5) is 10.5. The first-order valence-corrected chi connectivity index (χ1v) is 8.71. The largest absolute Gasteiger partial charge is 0.478 e. The van der Waals surface area contributed by atoms with Gasteiger partial charge in [-0.05, 0) is 38.5 Å². The molecule has 0 aliphatic carbocycles. The molecule has 1 aromatic rings. The zero-order valence-corrected chi connectivity index (χ0v) is 14.1. The minimum Gasteiger partial charge on any atom is -0.478 e. The molecule has 1 aliphatic rings. The minimum atomic E-state index is -3.84. The van der Waals surface area contributed by atoms with E-state index in [9.17, 15) is 17.6 Å². The van der Waals surface area contributed by atoms with Crippen LogP contribution in [0.1, 0.15) is 37.6 Å². The summed E-state index contributed by atoms with van der Waals surface area (Å²) in [5.41, 5.74) is -0.881. The highest BCUT2D eigenvalue weighted by molar-refractivity contribution is 7.89. The van der Waals surface area contributed by atoms with Gasteiger partial charge in [-0.2, -0.15) is 4.31 Å². The van der Waals surface area contributed by atoms with Crippen molar-refractivity contribution in [2.45, 2.75) is 43.8 Å². The SMILES string of the molecule is CCC(C)(C)OC1CN(S(=O)(=O)c2ccc(C(=O)O)c(F)c2)C1. The fourth-order valence-corrected chi connectivity index (χ4v) is 3.70. The first kappa shape index (κ1) is 17.8. The first-order valence-electron chi connectivity index (χ1n) is 7.27. The molecule has 0 saturated carbocycles. The molecule has 1 aromatic carbocycles. The Morgan fingerprint density at radius 3 is 2.52 bits per heavy atom. The Balaban J connectivity index is 2.10. The maximum atomic E-state index is 13.7. The molecule has 2 rings (SSSR count). The Hall–Kier alpha value is -1.51. The van der Waals surface area contributed by atoms with Crippen molar-refractivity contribution >= 4 is 16.0 Å². The molecule has 6 nitrogen and oxygen atoms in total. The number of halogens is 1. The molecule has 23 heavy (non-hydrogen) atoms. The Labute approximate surface area is 134 Å². The van der Waals surface area contributed by atoms with Crippen molar-refractivity contribution in [3.63, 3.8) is 0 Å². The van der Waals surface area contributed by atoms with Crippen molar-refractivity contribution in [1.29, 1.82) is 0 Å². The van der Waals surface area contributed by atoms with Gasteiger partial charge in [0.1, 0.15) is 5.82 Å². The second-order valence-corrected chi connectivity index (χ2v) is 8.06. The maximum Gasteiger partial charge on any atom is 0.338 e. The van der Waals surface area contributed by atoms with Crippen LogP contribution in [-0.2, 0) is 14.8 Å². The van der Waals surface area contributed by atoms with Gasteiger partial charge in [-0.3, -0.25) is 0 Å². The summed E-state index contributed by atoms with van der Waals surface area (Å²) in [6, 6.07) is 2.80. The number of carboxylic acids is 1. The van der Waals surface area contributed by atoms with Gasteiger partial charge in [-0.15, -0.1) is 0 Å². The topological polar surface area (TPSA) is 83.9 Å². The Bertz CT molecular complexity index is 711.